The van der Waals surface area contributed by atoms with Gasteiger partial charge in [0.1, 0.15) is 0 Å². The molecule has 1 aromatic rings. The highest BCUT2D eigenvalue weighted by Gasteiger charge is 2.41. The van der Waals surface area contributed by atoms with E-state index in [2.05, 4.69) is 15.5 Å². The first-order valence-corrected chi connectivity index (χ1v) is 4.68. The number of rotatable bonds is 0. The Morgan fingerprint density at radius 2 is 2.00 bits per heavy atom. The Bertz CT molecular complexity index is 365. The Hall–Kier alpha value is -1.04. The normalized spacial score (nSPS) is 20.1. The lowest BCUT2D eigenvalue weighted by atomic mass is 9.83. The smallest absolute Gasteiger partial charge is 0.312 e. The Morgan fingerprint density at radius 1 is 1.33 bits per heavy atom. The molecular formula is C9H12F3N3. The fourth-order valence-electron chi connectivity index (χ4n) is 1.92. The topological polar surface area (TPSA) is 40.7 Å². The van der Waals surface area contributed by atoms with Gasteiger partial charge in [-0.3, -0.25) is 5.10 Å². The minimum atomic E-state index is -4.38. The van der Waals surface area contributed by atoms with Crippen molar-refractivity contribution in [3.63, 3.8) is 0 Å². The molecule has 0 saturated carbocycles. The minimum absolute atomic E-state index is 0.226. The second-order valence-electron chi connectivity index (χ2n) is 4.41. The van der Waals surface area contributed by atoms with Crippen LogP contribution in [0.25, 0.3) is 0 Å². The van der Waals surface area contributed by atoms with E-state index < -0.39 is 11.9 Å². The number of nitrogens with one attached hydrogen (secondary N) is 2. The number of halogens is 3. The van der Waals surface area contributed by atoms with Gasteiger partial charge < -0.3 is 5.32 Å². The predicted octanol–water partition coefficient (Wildman–Crippen LogP) is 1.81. The molecule has 0 amide bonds. The fraction of sp³-hybridized carbons (Fsp3) is 0.667. The standard InChI is InChI=1S/C9H12F3N3/c1-8(2)4-13-3-5-6(8)14-15-7(5)9(10,11)12/h13H,3-4H2,1-2H3,(H,14,15). The van der Waals surface area contributed by atoms with Crippen LogP contribution in [0.4, 0.5) is 13.2 Å². The van der Waals surface area contributed by atoms with E-state index in [-0.39, 0.29) is 17.5 Å². The molecule has 1 aliphatic heterocycles. The molecule has 2 N–H and O–H groups in total. The maximum atomic E-state index is 12.6. The molecule has 0 spiro atoms. The molecule has 0 radical (unpaired) electrons. The van der Waals surface area contributed by atoms with Crippen LogP contribution >= 0.6 is 0 Å². The maximum Gasteiger partial charge on any atom is 0.435 e. The molecule has 0 bridgehead atoms. The summed E-state index contributed by atoms with van der Waals surface area (Å²) in [7, 11) is 0. The van der Waals surface area contributed by atoms with Crippen molar-refractivity contribution in [2.24, 2.45) is 0 Å². The summed E-state index contributed by atoms with van der Waals surface area (Å²) < 4.78 is 37.7. The van der Waals surface area contributed by atoms with Crippen LogP contribution in [0.5, 0.6) is 0 Å². The largest absolute Gasteiger partial charge is 0.435 e. The van der Waals surface area contributed by atoms with Crippen LogP contribution in [-0.4, -0.2) is 16.7 Å². The first kappa shape index (κ1) is 10.5. The first-order chi connectivity index (χ1) is 6.82. The van der Waals surface area contributed by atoms with Crippen molar-refractivity contribution in [1.29, 1.82) is 0 Å². The van der Waals surface area contributed by atoms with Crippen molar-refractivity contribution >= 4 is 0 Å². The van der Waals surface area contributed by atoms with Crippen molar-refractivity contribution in [1.82, 2.24) is 15.5 Å². The average Bonchev–Trinajstić information content (AvgIpc) is 2.46. The van der Waals surface area contributed by atoms with Gasteiger partial charge in [-0.1, -0.05) is 13.8 Å². The van der Waals surface area contributed by atoms with E-state index in [0.717, 1.165) is 0 Å². The number of hydrogen-bond acceptors (Lipinski definition) is 2. The third kappa shape index (κ3) is 1.62. The van der Waals surface area contributed by atoms with Gasteiger partial charge in [0.2, 0.25) is 0 Å². The molecule has 84 valence electrons. The number of fused-ring (bicyclic) bond motifs is 1. The minimum Gasteiger partial charge on any atom is -0.312 e. The van der Waals surface area contributed by atoms with Crippen molar-refractivity contribution in [2.75, 3.05) is 6.54 Å². The van der Waals surface area contributed by atoms with Gasteiger partial charge in [0.25, 0.3) is 0 Å². The predicted molar refractivity (Wildman–Crippen MR) is 48.3 cm³/mol. The fourth-order valence-corrected chi connectivity index (χ4v) is 1.92. The summed E-state index contributed by atoms with van der Waals surface area (Å²) in [6.45, 7) is 4.65. The summed E-state index contributed by atoms with van der Waals surface area (Å²) >= 11 is 0. The Balaban J connectivity index is 2.52. The maximum absolute atomic E-state index is 12.6. The summed E-state index contributed by atoms with van der Waals surface area (Å²) in [6, 6.07) is 0. The molecule has 1 aliphatic rings. The van der Waals surface area contributed by atoms with E-state index in [0.29, 0.717) is 12.2 Å². The first-order valence-electron chi connectivity index (χ1n) is 4.68. The van der Waals surface area contributed by atoms with Gasteiger partial charge in [-0.15, -0.1) is 0 Å². The number of aromatic nitrogens is 2. The van der Waals surface area contributed by atoms with Crippen molar-refractivity contribution in [3.05, 3.63) is 17.0 Å². The van der Waals surface area contributed by atoms with Gasteiger partial charge in [-0.25, -0.2) is 0 Å². The quantitative estimate of drug-likeness (QED) is 0.698. The molecule has 3 nitrogen and oxygen atoms in total. The highest BCUT2D eigenvalue weighted by atomic mass is 19.4. The number of alkyl halides is 3. The van der Waals surface area contributed by atoms with Crippen LogP contribution in [0.1, 0.15) is 30.8 Å². The Labute approximate surface area is 85.1 Å². The molecule has 15 heavy (non-hydrogen) atoms. The van der Waals surface area contributed by atoms with E-state index in [1.807, 2.05) is 13.8 Å². The summed E-state index contributed by atoms with van der Waals surface area (Å²) in [5, 5.41) is 8.86. The summed E-state index contributed by atoms with van der Waals surface area (Å²) in [5.74, 6) is 0. The van der Waals surface area contributed by atoms with E-state index in [4.69, 9.17) is 0 Å². The van der Waals surface area contributed by atoms with E-state index in [1.54, 1.807) is 0 Å². The number of nitrogens with zero attached hydrogens (tertiary/aromatic N) is 1. The highest BCUT2D eigenvalue weighted by Crippen LogP contribution is 2.36. The van der Waals surface area contributed by atoms with Crippen molar-refractivity contribution in [2.45, 2.75) is 32.0 Å². The number of H-pyrrole nitrogens is 1. The average molecular weight is 219 g/mol. The zero-order chi connectivity index (χ0) is 11.3. The van der Waals surface area contributed by atoms with Crippen molar-refractivity contribution < 1.29 is 13.2 Å². The molecule has 0 unspecified atom stereocenters. The van der Waals surface area contributed by atoms with Crippen LogP contribution in [0, 0.1) is 0 Å². The van der Waals surface area contributed by atoms with Gasteiger partial charge in [-0.05, 0) is 0 Å². The second kappa shape index (κ2) is 2.98. The Kier molecular flexibility index (Phi) is 2.08. The molecule has 1 aromatic heterocycles. The second-order valence-corrected chi connectivity index (χ2v) is 4.41. The molecule has 2 heterocycles. The lowest BCUT2D eigenvalue weighted by Crippen LogP contribution is -2.39. The molecule has 6 heteroatoms. The summed E-state index contributed by atoms with van der Waals surface area (Å²) in [4.78, 5) is 0. The third-order valence-corrected chi connectivity index (χ3v) is 2.68. The molecule has 0 saturated heterocycles. The molecular weight excluding hydrogens is 207 g/mol. The van der Waals surface area contributed by atoms with E-state index in [1.165, 1.54) is 0 Å². The van der Waals surface area contributed by atoms with Crippen molar-refractivity contribution in [3.8, 4) is 0 Å². The number of aromatic amines is 1. The molecule has 0 aromatic carbocycles. The van der Waals surface area contributed by atoms with Gasteiger partial charge >= 0.3 is 6.18 Å². The molecule has 0 atom stereocenters. The molecule has 0 fully saturated rings. The lowest BCUT2D eigenvalue weighted by Gasteiger charge is -2.30. The van der Waals surface area contributed by atoms with E-state index in [9.17, 15) is 13.2 Å². The highest BCUT2D eigenvalue weighted by molar-refractivity contribution is 5.34. The zero-order valence-electron chi connectivity index (χ0n) is 8.50. The van der Waals surface area contributed by atoms with Crippen LogP contribution in [0.15, 0.2) is 0 Å². The number of hydrogen-bond donors (Lipinski definition) is 2. The van der Waals surface area contributed by atoms with Gasteiger partial charge in [-0.2, -0.15) is 18.3 Å². The van der Waals surface area contributed by atoms with Crippen LogP contribution in [-0.2, 0) is 18.1 Å². The van der Waals surface area contributed by atoms with Gasteiger partial charge in [0.15, 0.2) is 5.69 Å². The van der Waals surface area contributed by atoms with Gasteiger partial charge in [0.05, 0.1) is 0 Å². The molecule has 0 aliphatic carbocycles. The summed E-state index contributed by atoms with van der Waals surface area (Å²) in [5.41, 5.74) is -0.283. The monoisotopic (exact) mass is 219 g/mol. The Morgan fingerprint density at radius 3 is 2.60 bits per heavy atom. The van der Waals surface area contributed by atoms with Crippen LogP contribution < -0.4 is 5.32 Å². The summed E-state index contributed by atoms with van der Waals surface area (Å²) in [6.07, 6.45) is -4.38. The molecule has 2 rings (SSSR count). The van der Waals surface area contributed by atoms with Crippen LogP contribution in [0.2, 0.25) is 0 Å². The van der Waals surface area contributed by atoms with E-state index >= 15 is 0 Å². The van der Waals surface area contributed by atoms with Gasteiger partial charge in [0, 0.05) is 29.8 Å². The zero-order valence-corrected chi connectivity index (χ0v) is 8.50. The third-order valence-electron chi connectivity index (χ3n) is 2.68. The lowest BCUT2D eigenvalue weighted by molar-refractivity contribution is -0.141. The van der Waals surface area contributed by atoms with Crippen LogP contribution in [0.3, 0.4) is 0 Å². The SMILES string of the molecule is CC1(C)CNCc2c(C(F)(F)F)n[nH]c21.